The SMILES string of the molecule is Cc1ccc(S(=O)(=O)NC2CC2)cc1C(=O)N1CCOc2ccccc21. The largest absolute Gasteiger partial charge is 0.490 e. The number of para-hydroxylation sites is 2. The van der Waals surface area contributed by atoms with Crippen molar-refractivity contribution < 1.29 is 17.9 Å². The minimum Gasteiger partial charge on any atom is -0.490 e. The van der Waals surface area contributed by atoms with Crippen LogP contribution in [-0.2, 0) is 10.0 Å². The zero-order valence-electron chi connectivity index (χ0n) is 14.4. The predicted octanol–water partition coefficient (Wildman–Crippen LogP) is 2.47. The van der Waals surface area contributed by atoms with E-state index in [1.807, 2.05) is 31.2 Å². The van der Waals surface area contributed by atoms with Crippen LogP contribution in [0.25, 0.3) is 0 Å². The smallest absolute Gasteiger partial charge is 0.258 e. The summed E-state index contributed by atoms with van der Waals surface area (Å²) in [7, 11) is -3.61. The van der Waals surface area contributed by atoms with Gasteiger partial charge in [0.2, 0.25) is 10.0 Å². The van der Waals surface area contributed by atoms with Crippen LogP contribution in [0.1, 0.15) is 28.8 Å². The third-order valence-corrected chi connectivity index (χ3v) is 6.14. The van der Waals surface area contributed by atoms with E-state index in [1.54, 1.807) is 17.0 Å². The average Bonchev–Trinajstić information content (AvgIpc) is 3.44. The van der Waals surface area contributed by atoms with Gasteiger partial charge in [-0.3, -0.25) is 4.79 Å². The first-order chi connectivity index (χ1) is 12.5. The lowest BCUT2D eigenvalue weighted by atomic mass is 10.1. The molecule has 6 nitrogen and oxygen atoms in total. The number of nitrogens with zero attached hydrogens (tertiary/aromatic N) is 1. The van der Waals surface area contributed by atoms with E-state index in [0.29, 0.717) is 30.2 Å². The standard InChI is InChI=1S/C19H20N2O4S/c1-13-6-9-15(26(23,24)20-14-7-8-14)12-16(13)19(22)21-10-11-25-18-5-3-2-4-17(18)21/h2-6,9,12,14,20H,7-8,10-11H2,1H3. The van der Waals surface area contributed by atoms with Gasteiger partial charge in [-0.05, 0) is 49.6 Å². The fourth-order valence-electron chi connectivity index (χ4n) is 3.01. The lowest BCUT2D eigenvalue weighted by Gasteiger charge is -2.30. The Bertz CT molecular complexity index is 967. The average molecular weight is 372 g/mol. The molecule has 136 valence electrons. The lowest BCUT2D eigenvalue weighted by Crippen LogP contribution is -2.38. The van der Waals surface area contributed by atoms with Gasteiger partial charge in [0.25, 0.3) is 5.91 Å². The second kappa shape index (κ2) is 6.41. The van der Waals surface area contributed by atoms with Crippen LogP contribution in [0.4, 0.5) is 5.69 Å². The molecule has 0 atom stereocenters. The maximum absolute atomic E-state index is 13.2. The Morgan fingerprint density at radius 2 is 1.96 bits per heavy atom. The van der Waals surface area contributed by atoms with Crippen molar-refractivity contribution in [2.24, 2.45) is 0 Å². The highest BCUT2D eigenvalue weighted by Gasteiger charge is 2.30. The van der Waals surface area contributed by atoms with E-state index < -0.39 is 10.0 Å². The molecule has 1 aliphatic heterocycles. The Morgan fingerprint density at radius 3 is 2.73 bits per heavy atom. The molecule has 0 bridgehead atoms. The molecule has 1 amide bonds. The summed E-state index contributed by atoms with van der Waals surface area (Å²) < 4.78 is 33.2. The molecule has 1 N–H and O–H groups in total. The normalized spacial score (nSPS) is 16.7. The Hall–Kier alpha value is -2.38. The Morgan fingerprint density at radius 1 is 1.19 bits per heavy atom. The molecule has 2 aromatic rings. The predicted molar refractivity (Wildman–Crippen MR) is 98.1 cm³/mol. The number of anilines is 1. The molecule has 7 heteroatoms. The number of fused-ring (bicyclic) bond motifs is 1. The van der Waals surface area contributed by atoms with Crippen molar-refractivity contribution in [3.63, 3.8) is 0 Å². The number of sulfonamides is 1. The van der Waals surface area contributed by atoms with Gasteiger partial charge in [-0.1, -0.05) is 18.2 Å². The topological polar surface area (TPSA) is 75.7 Å². The monoisotopic (exact) mass is 372 g/mol. The first-order valence-corrected chi connectivity index (χ1v) is 10.1. The molecule has 1 fully saturated rings. The van der Waals surface area contributed by atoms with Crippen LogP contribution in [-0.4, -0.2) is 33.5 Å². The van der Waals surface area contributed by atoms with Crippen molar-refractivity contribution in [3.8, 4) is 5.75 Å². The quantitative estimate of drug-likeness (QED) is 0.895. The summed E-state index contributed by atoms with van der Waals surface area (Å²) in [5, 5.41) is 0. The number of carbonyl (C=O) groups is 1. The number of hydrogen-bond acceptors (Lipinski definition) is 4. The molecule has 0 spiro atoms. The zero-order valence-corrected chi connectivity index (χ0v) is 15.3. The van der Waals surface area contributed by atoms with E-state index >= 15 is 0 Å². The second-order valence-electron chi connectivity index (χ2n) is 6.65. The summed E-state index contributed by atoms with van der Waals surface area (Å²) in [5.41, 5.74) is 1.83. The summed E-state index contributed by atoms with van der Waals surface area (Å²) >= 11 is 0. The first kappa shape index (κ1) is 17.1. The number of rotatable bonds is 4. The first-order valence-electron chi connectivity index (χ1n) is 8.62. The molecule has 0 aromatic heterocycles. The van der Waals surface area contributed by atoms with Crippen molar-refractivity contribution >= 4 is 21.6 Å². The van der Waals surface area contributed by atoms with Gasteiger partial charge in [0, 0.05) is 11.6 Å². The summed E-state index contributed by atoms with van der Waals surface area (Å²) in [6.45, 7) is 2.64. The van der Waals surface area contributed by atoms with Gasteiger partial charge in [-0.2, -0.15) is 0 Å². The van der Waals surface area contributed by atoms with Crippen molar-refractivity contribution in [2.45, 2.75) is 30.7 Å². The maximum atomic E-state index is 13.2. The van der Waals surface area contributed by atoms with Gasteiger partial charge in [-0.25, -0.2) is 13.1 Å². The minimum absolute atomic E-state index is 0.0200. The van der Waals surface area contributed by atoms with E-state index in [4.69, 9.17) is 4.74 Å². The van der Waals surface area contributed by atoms with Crippen LogP contribution in [0.3, 0.4) is 0 Å². The van der Waals surface area contributed by atoms with Crippen LogP contribution in [0.15, 0.2) is 47.4 Å². The van der Waals surface area contributed by atoms with Gasteiger partial charge in [0.1, 0.15) is 12.4 Å². The lowest BCUT2D eigenvalue weighted by molar-refractivity contribution is 0.0976. The summed E-state index contributed by atoms with van der Waals surface area (Å²) in [5.74, 6) is 0.436. The number of carbonyl (C=O) groups excluding carboxylic acids is 1. The van der Waals surface area contributed by atoms with Crippen LogP contribution >= 0.6 is 0 Å². The van der Waals surface area contributed by atoms with Gasteiger partial charge in [-0.15, -0.1) is 0 Å². The molecule has 1 aliphatic carbocycles. The van der Waals surface area contributed by atoms with Gasteiger partial charge < -0.3 is 9.64 Å². The second-order valence-corrected chi connectivity index (χ2v) is 8.36. The van der Waals surface area contributed by atoms with Crippen LogP contribution in [0, 0.1) is 6.92 Å². The summed E-state index contributed by atoms with van der Waals surface area (Å²) in [4.78, 5) is 14.9. The number of hydrogen-bond donors (Lipinski definition) is 1. The molecule has 0 radical (unpaired) electrons. The van der Waals surface area contributed by atoms with E-state index in [2.05, 4.69) is 4.72 Å². The minimum atomic E-state index is -3.61. The molecule has 0 unspecified atom stereocenters. The van der Waals surface area contributed by atoms with Crippen LogP contribution < -0.4 is 14.4 Å². The fraction of sp³-hybridized carbons (Fsp3) is 0.316. The third kappa shape index (κ3) is 3.20. The molecule has 1 heterocycles. The number of nitrogens with one attached hydrogen (secondary N) is 1. The number of aryl methyl sites for hydroxylation is 1. The molecule has 2 aromatic carbocycles. The molecule has 2 aliphatic rings. The molecular weight excluding hydrogens is 352 g/mol. The van der Waals surface area contributed by atoms with Gasteiger partial charge >= 0.3 is 0 Å². The molecule has 4 rings (SSSR count). The molecule has 1 saturated carbocycles. The van der Waals surface area contributed by atoms with Crippen molar-refractivity contribution in [3.05, 3.63) is 53.6 Å². The van der Waals surface area contributed by atoms with Crippen LogP contribution in [0.5, 0.6) is 5.75 Å². The number of amides is 1. The Kier molecular flexibility index (Phi) is 4.20. The Labute approximate surface area is 152 Å². The van der Waals surface area contributed by atoms with Crippen molar-refractivity contribution in [1.82, 2.24) is 4.72 Å². The van der Waals surface area contributed by atoms with Crippen molar-refractivity contribution in [1.29, 1.82) is 0 Å². The van der Waals surface area contributed by atoms with Gasteiger partial charge in [0.05, 0.1) is 17.1 Å². The highest BCUT2D eigenvalue weighted by molar-refractivity contribution is 7.89. The van der Waals surface area contributed by atoms with E-state index in [9.17, 15) is 13.2 Å². The number of ether oxygens (including phenoxy) is 1. The molecular formula is C19H20N2O4S. The third-order valence-electron chi connectivity index (χ3n) is 4.62. The highest BCUT2D eigenvalue weighted by Crippen LogP contribution is 2.32. The van der Waals surface area contributed by atoms with Gasteiger partial charge in [0.15, 0.2) is 0 Å². The summed E-state index contributed by atoms with van der Waals surface area (Å²) in [6, 6.07) is 12.1. The fourth-order valence-corrected chi connectivity index (χ4v) is 4.34. The van der Waals surface area contributed by atoms with Crippen molar-refractivity contribution in [2.75, 3.05) is 18.1 Å². The van der Waals surface area contributed by atoms with E-state index in [0.717, 1.165) is 18.4 Å². The highest BCUT2D eigenvalue weighted by atomic mass is 32.2. The molecule has 26 heavy (non-hydrogen) atoms. The number of benzene rings is 2. The van der Waals surface area contributed by atoms with E-state index in [-0.39, 0.29) is 16.8 Å². The molecule has 0 saturated heterocycles. The Balaban J connectivity index is 1.69. The zero-order chi connectivity index (χ0) is 18.3. The van der Waals surface area contributed by atoms with E-state index in [1.165, 1.54) is 6.07 Å². The maximum Gasteiger partial charge on any atom is 0.258 e. The summed E-state index contributed by atoms with van der Waals surface area (Å²) in [6.07, 6.45) is 1.73. The van der Waals surface area contributed by atoms with Crippen LogP contribution in [0.2, 0.25) is 0 Å².